The van der Waals surface area contributed by atoms with E-state index in [1.54, 1.807) is 7.11 Å². The number of nitrogens with zero attached hydrogens (tertiary/aromatic N) is 1. The summed E-state index contributed by atoms with van der Waals surface area (Å²) in [6, 6.07) is 29.4. The Hall–Kier alpha value is -3.23. The molecule has 3 aromatic rings. The van der Waals surface area contributed by atoms with Crippen molar-refractivity contribution < 1.29 is 4.74 Å². The van der Waals surface area contributed by atoms with Gasteiger partial charge in [-0.15, -0.1) is 13.2 Å². The van der Waals surface area contributed by atoms with E-state index < -0.39 is 0 Å². The van der Waals surface area contributed by atoms with Gasteiger partial charge in [-0.05, 0) is 55.0 Å². The Morgan fingerprint density at radius 2 is 1.32 bits per heavy atom. The van der Waals surface area contributed by atoms with Crippen LogP contribution in [0.4, 0.5) is 0 Å². The van der Waals surface area contributed by atoms with Gasteiger partial charge in [0.05, 0.1) is 11.3 Å². The molecule has 34 heavy (non-hydrogen) atoms. The van der Waals surface area contributed by atoms with Crippen molar-refractivity contribution in [1.29, 1.82) is 0 Å². The van der Waals surface area contributed by atoms with E-state index in [0.29, 0.717) is 5.92 Å². The van der Waals surface area contributed by atoms with E-state index in [0.717, 1.165) is 11.3 Å². The highest BCUT2D eigenvalue weighted by Gasteiger charge is 2.20. The third-order valence-electron chi connectivity index (χ3n) is 5.92. The largest absolute Gasteiger partial charge is 0.379 e. The highest BCUT2D eigenvalue weighted by Crippen LogP contribution is 2.25. The molecule has 2 nitrogen and oxygen atoms in total. The summed E-state index contributed by atoms with van der Waals surface area (Å²) < 4.78 is 5.20. The van der Waals surface area contributed by atoms with Gasteiger partial charge in [0.15, 0.2) is 0 Å². The summed E-state index contributed by atoms with van der Waals surface area (Å²) in [5.41, 5.74) is 6.99. The number of aliphatic imine (C=N–C) groups is 1. The summed E-state index contributed by atoms with van der Waals surface area (Å²) in [6.45, 7) is 16.6. The Labute approximate surface area is 207 Å². The standard InChI is InChI=1S/C23H21N.C7H16O.C2H4/c1-18-10-9-15-21(16-18)22(19-11-5-3-6-12-19)17-23(24-2)20-13-7-4-8-14-20;1-6(2)7(3,4)8-5;1-2/h3-17H,1-2H3;6H,1-5H3;1-2H2/b22-17-,24-23?;;. The Morgan fingerprint density at radius 3 is 1.74 bits per heavy atom. The van der Waals surface area contributed by atoms with Crippen LogP contribution in [0, 0.1) is 12.8 Å². The fraction of sp³-hybridized carbons (Fsp3) is 0.281. The summed E-state index contributed by atoms with van der Waals surface area (Å²) in [7, 11) is 3.59. The van der Waals surface area contributed by atoms with E-state index in [-0.39, 0.29) is 5.60 Å². The zero-order valence-corrected chi connectivity index (χ0v) is 22.0. The normalized spacial score (nSPS) is 11.8. The van der Waals surface area contributed by atoms with E-state index in [4.69, 9.17) is 4.74 Å². The Bertz CT molecular complexity index is 1030. The topological polar surface area (TPSA) is 21.6 Å². The molecular weight excluding hydrogens is 414 g/mol. The summed E-state index contributed by atoms with van der Waals surface area (Å²) in [5, 5.41) is 0. The maximum atomic E-state index is 5.20. The highest BCUT2D eigenvalue weighted by atomic mass is 16.5. The molecule has 3 rings (SSSR count). The predicted octanol–water partition coefficient (Wildman–Crippen LogP) is 8.42. The van der Waals surface area contributed by atoms with Crippen LogP contribution in [0.1, 0.15) is 49.9 Å². The predicted molar refractivity (Wildman–Crippen MR) is 151 cm³/mol. The molecule has 0 fully saturated rings. The minimum atomic E-state index is 0.0417. The van der Waals surface area contributed by atoms with Gasteiger partial charge in [0.25, 0.3) is 0 Å². The zero-order chi connectivity index (χ0) is 25.6. The second kappa shape index (κ2) is 14.8. The van der Waals surface area contributed by atoms with Crippen LogP contribution in [0.25, 0.3) is 5.57 Å². The van der Waals surface area contributed by atoms with Crippen LogP contribution in [0.3, 0.4) is 0 Å². The van der Waals surface area contributed by atoms with Gasteiger partial charge in [0.1, 0.15) is 0 Å². The van der Waals surface area contributed by atoms with Crippen LogP contribution in [-0.2, 0) is 4.74 Å². The lowest BCUT2D eigenvalue weighted by molar-refractivity contribution is -0.0156. The van der Waals surface area contributed by atoms with Crippen LogP contribution >= 0.6 is 0 Å². The molecule has 0 saturated carbocycles. The molecule has 3 aromatic carbocycles. The van der Waals surface area contributed by atoms with Crippen LogP contribution in [-0.4, -0.2) is 25.5 Å². The number of rotatable bonds is 6. The molecule has 0 spiro atoms. The zero-order valence-electron chi connectivity index (χ0n) is 22.0. The second-order valence-electron chi connectivity index (χ2n) is 8.73. The molecule has 0 saturated heterocycles. The first kappa shape index (κ1) is 28.8. The third-order valence-corrected chi connectivity index (χ3v) is 5.92. The number of aryl methyl sites for hydroxylation is 1. The lowest BCUT2D eigenvalue weighted by atomic mass is 9.94. The molecule has 0 heterocycles. The molecule has 0 amide bonds. The SMILES string of the molecule is C=C.CN=C(/C=C(/c1ccccc1)c1cccc(C)c1)c1ccccc1.COC(C)(C)C(C)C. The fourth-order valence-corrected chi connectivity index (χ4v) is 3.02. The molecule has 0 unspecified atom stereocenters. The number of allylic oxidation sites excluding steroid dienone is 1. The van der Waals surface area contributed by atoms with Crippen LogP contribution in [0.2, 0.25) is 0 Å². The maximum absolute atomic E-state index is 5.20. The van der Waals surface area contributed by atoms with Gasteiger partial charge < -0.3 is 4.74 Å². The smallest absolute Gasteiger partial charge is 0.0649 e. The van der Waals surface area contributed by atoms with Crippen LogP contribution in [0.15, 0.2) is 109 Å². The van der Waals surface area contributed by atoms with Crippen molar-refractivity contribution in [3.05, 3.63) is 126 Å². The van der Waals surface area contributed by atoms with Gasteiger partial charge in [0.2, 0.25) is 0 Å². The quantitative estimate of drug-likeness (QED) is 0.270. The number of ether oxygens (including phenoxy) is 1. The molecule has 0 bridgehead atoms. The van der Waals surface area contributed by atoms with Gasteiger partial charge in [-0.2, -0.15) is 0 Å². The first-order valence-electron chi connectivity index (χ1n) is 11.7. The third kappa shape index (κ3) is 8.96. The summed E-state index contributed by atoms with van der Waals surface area (Å²) in [5.74, 6) is 0.590. The van der Waals surface area contributed by atoms with Crippen molar-refractivity contribution in [3.63, 3.8) is 0 Å². The summed E-state index contributed by atoms with van der Waals surface area (Å²) in [6.07, 6.45) is 2.18. The number of methoxy groups -OCH3 is 1. The molecule has 0 N–H and O–H groups in total. The van der Waals surface area contributed by atoms with Crippen molar-refractivity contribution in [2.75, 3.05) is 14.2 Å². The molecule has 0 atom stereocenters. The van der Waals surface area contributed by atoms with Gasteiger partial charge in [-0.25, -0.2) is 0 Å². The molecule has 0 radical (unpaired) electrons. The fourth-order valence-electron chi connectivity index (χ4n) is 3.02. The average Bonchev–Trinajstić information content (AvgIpc) is 2.87. The van der Waals surface area contributed by atoms with Crippen LogP contribution in [0.5, 0.6) is 0 Å². The highest BCUT2D eigenvalue weighted by molar-refractivity contribution is 6.13. The lowest BCUT2D eigenvalue weighted by Crippen LogP contribution is -2.29. The van der Waals surface area contributed by atoms with Gasteiger partial charge in [0, 0.05) is 14.2 Å². The summed E-state index contributed by atoms with van der Waals surface area (Å²) in [4.78, 5) is 4.51. The maximum Gasteiger partial charge on any atom is 0.0649 e. The van der Waals surface area contributed by atoms with Crippen molar-refractivity contribution in [2.24, 2.45) is 10.9 Å². The van der Waals surface area contributed by atoms with Gasteiger partial charge in [-0.1, -0.05) is 104 Å². The number of benzene rings is 3. The van der Waals surface area contributed by atoms with Gasteiger partial charge >= 0.3 is 0 Å². The van der Waals surface area contributed by atoms with Crippen LogP contribution < -0.4 is 0 Å². The molecule has 0 aromatic heterocycles. The average molecular weight is 456 g/mol. The molecule has 0 aliphatic heterocycles. The second-order valence-corrected chi connectivity index (χ2v) is 8.73. The van der Waals surface area contributed by atoms with E-state index in [9.17, 15) is 0 Å². The molecule has 0 aliphatic carbocycles. The molecule has 2 heteroatoms. The Balaban J connectivity index is 0.000000493. The van der Waals surface area contributed by atoms with Crippen molar-refractivity contribution in [1.82, 2.24) is 0 Å². The molecular formula is C32H41NO. The Morgan fingerprint density at radius 1 is 0.824 bits per heavy atom. The van der Waals surface area contributed by atoms with Crippen molar-refractivity contribution >= 4 is 11.3 Å². The first-order chi connectivity index (χ1) is 16.3. The van der Waals surface area contributed by atoms with Gasteiger partial charge in [-0.3, -0.25) is 4.99 Å². The van der Waals surface area contributed by atoms with Crippen molar-refractivity contribution in [2.45, 2.75) is 40.2 Å². The molecule has 180 valence electrons. The van der Waals surface area contributed by atoms with E-state index >= 15 is 0 Å². The number of hydrogen-bond acceptors (Lipinski definition) is 2. The van der Waals surface area contributed by atoms with E-state index in [1.807, 2.05) is 31.3 Å². The minimum absolute atomic E-state index is 0.0417. The summed E-state index contributed by atoms with van der Waals surface area (Å²) >= 11 is 0. The van der Waals surface area contributed by atoms with E-state index in [2.05, 4.69) is 120 Å². The molecule has 0 aliphatic rings. The monoisotopic (exact) mass is 455 g/mol. The van der Waals surface area contributed by atoms with Crippen molar-refractivity contribution in [3.8, 4) is 0 Å². The number of hydrogen-bond donors (Lipinski definition) is 0. The minimum Gasteiger partial charge on any atom is -0.379 e. The van der Waals surface area contributed by atoms with E-state index in [1.165, 1.54) is 22.3 Å². The lowest BCUT2D eigenvalue weighted by Gasteiger charge is -2.26. The Kier molecular flexibility index (Phi) is 12.6. The first-order valence-corrected chi connectivity index (χ1v) is 11.7.